The normalized spacial score (nSPS) is 20.3. The Morgan fingerprint density at radius 1 is 1.23 bits per heavy atom. The molecule has 0 aliphatic carbocycles. The van der Waals surface area contributed by atoms with Gasteiger partial charge in [0.05, 0.1) is 23.4 Å². The maximum atomic E-state index is 13.2. The molecule has 2 amide bonds. The monoisotopic (exact) mass is 503 g/mol. The van der Waals surface area contributed by atoms with E-state index in [1.807, 2.05) is 26.0 Å². The van der Waals surface area contributed by atoms with Gasteiger partial charge in [0.1, 0.15) is 6.04 Å². The van der Waals surface area contributed by atoms with E-state index < -0.39 is 27.2 Å². The highest BCUT2D eigenvalue weighted by Crippen LogP contribution is 2.28. The van der Waals surface area contributed by atoms with Crippen LogP contribution in [0.1, 0.15) is 48.1 Å². The number of rotatable bonds is 4. The van der Waals surface area contributed by atoms with Crippen LogP contribution in [-0.2, 0) is 30.7 Å². The largest absolute Gasteiger partial charge is 0.449 e. The third kappa shape index (κ3) is 5.83. The Bertz CT molecular complexity index is 1210. The summed E-state index contributed by atoms with van der Waals surface area (Å²) in [7, 11) is -0.773. The Morgan fingerprint density at radius 2 is 1.94 bits per heavy atom. The van der Waals surface area contributed by atoms with Gasteiger partial charge in [0.15, 0.2) is 9.84 Å². The molecule has 0 spiro atoms. The lowest BCUT2D eigenvalue weighted by Gasteiger charge is -2.25. The second-order valence-electron chi connectivity index (χ2n) is 9.05. The van der Waals surface area contributed by atoms with E-state index in [0.717, 1.165) is 11.1 Å². The van der Waals surface area contributed by atoms with Crippen molar-refractivity contribution in [2.24, 2.45) is 5.73 Å². The van der Waals surface area contributed by atoms with Crippen molar-refractivity contribution in [3.8, 4) is 0 Å². The first kappa shape index (κ1) is 26.7. The molecule has 4 bridgehead atoms. The summed E-state index contributed by atoms with van der Waals surface area (Å²) in [5.41, 5.74) is 9.58. The highest BCUT2D eigenvalue weighted by atomic mass is 32.2. The molecule has 4 rings (SSSR count). The number of likely N-dealkylation sites (N-methyl/N-ethyl adjacent to an activating group) is 1. The topological polar surface area (TPSA) is 128 Å². The number of carbonyl (C=O) groups excluding carboxylic acids is 2. The molecule has 190 valence electrons. The number of hydrogen-bond donors (Lipinski definition) is 2. The van der Waals surface area contributed by atoms with Crippen molar-refractivity contribution in [1.82, 2.24) is 4.90 Å². The lowest BCUT2D eigenvalue weighted by atomic mass is 9.93. The van der Waals surface area contributed by atoms with Gasteiger partial charge in [-0.25, -0.2) is 13.2 Å². The summed E-state index contributed by atoms with van der Waals surface area (Å²) in [6.45, 7) is 5.55. The molecule has 2 aromatic rings. The van der Waals surface area contributed by atoms with E-state index in [4.69, 9.17) is 15.2 Å². The fraction of sp³-hybridized carbons (Fsp3) is 0.440. The van der Waals surface area contributed by atoms with E-state index >= 15 is 0 Å². The van der Waals surface area contributed by atoms with Crippen LogP contribution in [0.4, 0.5) is 10.5 Å². The van der Waals surface area contributed by atoms with Crippen LogP contribution >= 0.6 is 0 Å². The first-order valence-electron chi connectivity index (χ1n) is 11.4. The van der Waals surface area contributed by atoms with Crippen LogP contribution in [0.25, 0.3) is 0 Å². The summed E-state index contributed by atoms with van der Waals surface area (Å²) in [6.07, 6.45) is -0.654. The number of nitrogens with one attached hydrogen (secondary N) is 1. The maximum Gasteiger partial charge on any atom is 0.411 e. The zero-order valence-electron chi connectivity index (χ0n) is 20.7. The minimum absolute atomic E-state index is 0.0152. The molecule has 3 atom stereocenters. The van der Waals surface area contributed by atoms with E-state index in [1.165, 1.54) is 30.2 Å². The first-order chi connectivity index (χ1) is 16.4. The van der Waals surface area contributed by atoms with Crippen LogP contribution in [0, 0.1) is 6.92 Å². The lowest BCUT2D eigenvalue weighted by Crippen LogP contribution is -2.36. The number of carbonyl (C=O) groups is 2. The van der Waals surface area contributed by atoms with Crippen molar-refractivity contribution in [1.29, 1.82) is 0 Å². The lowest BCUT2D eigenvalue weighted by molar-refractivity contribution is -0.132. The number of nitrogens with zero attached hydrogens (tertiary/aromatic N) is 1. The van der Waals surface area contributed by atoms with Gasteiger partial charge in [-0.05, 0) is 54.3 Å². The van der Waals surface area contributed by atoms with Crippen LogP contribution in [0.2, 0.25) is 0 Å². The van der Waals surface area contributed by atoms with Crippen molar-refractivity contribution in [3.63, 3.8) is 0 Å². The molecule has 0 radical (unpaired) electrons. The highest BCUT2D eigenvalue weighted by Gasteiger charge is 2.29. The maximum absolute atomic E-state index is 13.2. The fourth-order valence-electron chi connectivity index (χ4n) is 4.20. The third-order valence-electron chi connectivity index (χ3n) is 6.24. The van der Waals surface area contributed by atoms with E-state index in [-0.39, 0.29) is 36.5 Å². The summed E-state index contributed by atoms with van der Waals surface area (Å²) < 4.78 is 36.9. The van der Waals surface area contributed by atoms with Crippen LogP contribution in [0.5, 0.6) is 0 Å². The Hall–Kier alpha value is -2.95. The molecule has 0 aromatic heterocycles. The number of aryl methyl sites for hydroxylation is 1. The first-order valence-corrected chi connectivity index (χ1v) is 12.9. The van der Waals surface area contributed by atoms with E-state index in [0.29, 0.717) is 16.8 Å². The number of methoxy groups -OCH3 is 1. The van der Waals surface area contributed by atoms with Crippen LogP contribution < -0.4 is 11.1 Å². The van der Waals surface area contributed by atoms with Gasteiger partial charge in [0.2, 0.25) is 5.91 Å². The molecule has 0 fully saturated rings. The Balaban J connectivity index is 2.08. The van der Waals surface area contributed by atoms with Crippen LogP contribution in [0.15, 0.2) is 41.3 Å². The number of hydrogen-bond acceptors (Lipinski definition) is 7. The van der Waals surface area contributed by atoms with Crippen LogP contribution in [0.3, 0.4) is 0 Å². The quantitative estimate of drug-likeness (QED) is 0.656. The van der Waals surface area contributed by atoms with Crippen molar-refractivity contribution >= 4 is 27.5 Å². The summed E-state index contributed by atoms with van der Waals surface area (Å²) in [6, 6.07) is 9.09. The zero-order chi connectivity index (χ0) is 25.9. The second-order valence-corrected chi connectivity index (χ2v) is 11.4. The Morgan fingerprint density at radius 3 is 2.60 bits per heavy atom. The molecule has 2 aliphatic heterocycles. The predicted octanol–water partition coefficient (Wildman–Crippen LogP) is 3.13. The number of sulfone groups is 1. The van der Waals surface area contributed by atoms with Gasteiger partial charge < -0.3 is 20.1 Å². The number of ether oxygens (including phenoxy) is 2. The van der Waals surface area contributed by atoms with Gasteiger partial charge in [-0.2, -0.15) is 0 Å². The summed E-state index contributed by atoms with van der Waals surface area (Å²) in [4.78, 5) is 27.1. The van der Waals surface area contributed by atoms with Gasteiger partial charge in [-0.1, -0.05) is 25.1 Å². The van der Waals surface area contributed by atoms with Crippen molar-refractivity contribution in [2.75, 3.05) is 32.7 Å². The number of fused-ring (bicyclic) bond motifs is 9. The molecule has 0 saturated carbocycles. The molecule has 3 N–H and O–H groups in total. The zero-order valence-corrected chi connectivity index (χ0v) is 21.5. The molecule has 0 unspecified atom stereocenters. The molecule has 2 aromatic carbocycles. The Kier molecular flexibility index (Phi) is 8.19. The SMILES string of the molecule is COC[C@H](C)S(=O)(=O)c1ccc2cc1CN(C)C(=O)[C@H](N)c1ccc(c(C)c1)[C@@H](C)COC(=O)N2. The molecule has 2 heterocycles. The molecule has 10 heteroatoms. The van der Waals surface area contributed by atoms with Gasteiger partial charge >= 0.3 is 6.09 Å². The summed E-state index contributed by atoms with van der Waals surface area (Å²) in [5.74, 6) is -0.439. The van der Waals surface area contributed by atoms with E-state index in [2.05, 4.69) is 5.32 Å². The fourth-order valence-corrected chi connectivity index (χ4v) is 5.70. The average Bonchev–Trinajstić information content (AvgIpc) is 2.81. The van der Waals surface area contributed by atoms with Gasteiger partial charge in [-0.3, -0.25) is 10.1 Å². The minimum atomic E-state index is -3.77. The van der Waals surface area contributed by atoms with Crippen LogP contribution in [-0.4, -0.2) is 57.9 Å². The Labute approximate surface area is 206 Å². The average molecular weight is 504 g/mol. The summed E-state index contributed by atoms with van der Waals surface area (Å²) >= 11 is 0. The van der Waals surface area contributed by atoms with Gasteiger partial charge in [-0.15, -0.1) is 0 Å². The molecule has 9 nitrogen and oxygen atoms in total. The van der Waals surface area contributed by atoms with Gasteiger partial charge in [0.25, 0.3) is 0 Å². The number of nitrogens with two attached hydrogens (primary N) is 1. The minimum Gasteiger partial charge on any atom is -0.449 e. The molecular weight excluding hydrogens is 470 g/mol. The van der Waals surface area contributed by atoms with E-state index in [1.54, 1.807) is 20.0 Å². The van der Waals surface area contributed by atoms with Crippen molar-refractivity contribution in [3.05, 3.63) is 58.7 Å². The molecular formula is C25H33N3O6S. The molecule has 0 saturated heterocycles. The molecule has 35 heavy (non-hydrogen) atoms. The summed E-state index contributed by atoms with van der Waals surface area (Å²) in [5, 5.41) is 1.84. The number of amides is 2. The van der Waals surface area contributed by atoms with Gasteiger partial charge in [0, 0.05) is 32.3 Å². The number of anilines is 1. The van der Waals surface area contributed by atoms with Crippen molar-refractivity contribution in [2.45, 2.75) is 49.4 Å². The predicted molar refractivity (Wildman–Crippen MR) is 133 cm³/mol. The molecule has 2 aliphatic rings. The van der Waals surface area contributed by atoms with Crippen molar-refractivity contribution < 1.29 is 27.5 Å². The highest BCUT2D eigenvalue weighted by molar-refractivity contribution is 7.92. The van der Waals surface area contributed by atoms with E-state index in [9.17, 15) is 18.0 Å². The standard InChI is InChI=1S/C25H33N3O6S/c1-15-10-18-6-8-21(15)16(2)13-34-25(30)27-20-7-9-22(35(31,32)17(3)14-33-5)19(11-20)12-28(4)24(29)23(18)26/h6-11,16-17,23H,12-14,26H2,1-5H3,(H,27,30)/t16-,17-,23+/m0/s1. The smallest absolute Gasteiger partial charge is 0.411 e. The number of benzene rings is 2. The second kappa shape index (κ2) is 10.8. The third-order valence-corrected chi connectivity index (χ3v) is 8.45.